The van der Waals surface area contributed by atoms with Gasteiger partial charge in [0.1, 0.15) is 5.56 Å². The zero-order chi connectivity index (χ0) is 14.8. The van der Waals surface area contributed by atoms with Gasteiger partial charge >= 0.3 is 0 Å². The third kappa shape index (κ3) is 2.89. The smallest absolute Gasteiger partial charge is 0.260 e. The Morgan fingerprint density at radius 1 is 1.14 bits per heavy atom. The monoisotopic (exact) mass is 288 g/mol. The molecule has 4 nitrogen and oxygen atoms in total. The van der Waals surface area contributed by atoms with Crippen LogP contribution < -0.4 is 5.56 Å². The summed E-state index contributed by atoms with van der Waals surface area (Å²) in [6, 6.07) is 3.83. The van der Waals surface area contributed by atoms with Crippen molar-refractivity contribution < 1.29 is 4.79 Å². The predicted molar refractivity (Wildman–Crippen MR) is 82.4 cm³/mol. The van der Waals surface area contributed by atoms with E-state index in [4.69, 9.17) is 0 Å². The number of amides is 1. The van der Waals surface area contributed by atoms with Crippen molar-refractivity contribution in [3.63, 3.8) is 0 Å². The number of rotatable bonds is 2. The number of aromatic amines is 1. The summed E-state index contributed by atoms with van der Waals surface area (Å²) in [5, 5.41) is 0. The molecule has 1 aliphatic heterocycles. The summed E-state index contributed by atoms with van der Waals surface area (Å²) in [6.07, 6.45) is 8.53. The summed E-state index contributed by atoms with van der Waals surface area (Å²) in [7, 11) is 0. The van der Waals surface area contributed by atoms with Crippen molar-refractivity contribution in [2.24, 2.45) is 5.92 Å². The number of hydrogen-bond acceptors (Lipinski definition) is 2. The molecule has 4 heteroatoms. The first-order chi connectivity index (χ1) is 10.2. The molecule has 0 spiro atoms. The standard InChI is InChI=1S/C17H24N2O2/c1-12-9-10-14(16(20)18-12)17(21)19-11-5-8-15(19)13-6-3-2-4-7-13/h9-10,13,15H,2-8,11H2,1H3,(H,18,20). The van der Waals surface area contributed by atoms with Crippen molar-refractivity contribution in [2.45, 2.75) is 57.9 Å². The Balaban J connectivity index is 1.80. The molecule has 2 aliphatic rings. The summed E-state index contributed by atoms with van der Waals surface area (Å²) < 4.78 is 0. The van der Waals surface area contributed by atoms with E-state index in [0.29, 0.717) is 17.5 Å². The number of aromatic nitrogens is 1. The van der Waals surface area contributed by atoms with Gasteiger partial charge in [-0.3, -0.25) is 9.59 Å². The average Bonchev–Trinajstić information content (AvgIpc) is 2.97. The first-order valence-corrected chi connectivity index (χ1v) is 8.18. The van der Waals surface area contributed by atoms with Crippen LogP contribution in [0.15, 0.2) is 16.9 Å². The van der Waals surface area contributed by atoms with Crippen LogP contribution in [0.25, 0.3) is 0 Å². The second kappa shape index (κ2) is 6.04. The van der Waals surface area contributed by atoms with Crippen LogP contribution in [0, 0.1) is 12.8 Å². The molecule has 1 amide bonds. The zero-order valence-electron chi connectivity index (χ0n) is 12.7. The van der Waals surface area contributed by atoms with Crippen molar-refractivity contribution in [3.05, 3.63) is 33.7 Å². The average molecular weight is 288 g/mol. The van der Waals surface area contributed by atoms with Crippen LogP contribution in [-0.2, 0) is 0 Å². The van der Waals surface area contributed by atoms with Crippen LogP contribution in [0.4, 0.5) is 0 Å². The quantitative estimate of drug-likeness (QED) is 0.909. The van der Waals surface area contributed by atoms with Crippen molar-refractivity contribution >= 4 is 5.91 Å². The lowest BCUT2D eigenvalue weighted by Gasteiger charge is -2.34. The lowest BCUT2D eigenvalue weighted by molar-refractivity contribution is 0.0659. The first kappa shape index (κ1) is 14.4. The Kier molecular flexibility index (Phi) is 4.13. The van der Waals surface area contributed by atoms with Gasteiger partial charge in [-0.25, -0.2) is 0 Å². The highest BCUT2D eigenvalue weighted by Gasteiger charge is 2.36. The maximum atomic E-state index is 12.7. The van der Waals surface area contributed by atoms with Crippen LogP contribution in [0.1, 0.15) is 61.0 Å². The normalized spacial score (nSPS) is 23.5. The highest BCUT2D eigenvalue weighted by Crippen LogP contribution is 2.34. The number of carbonyl (C=O) groups is 1. The molecule has 0 radical (unpaired) electrons. The molecule has 1 saturated carbocycles. The topological polar surface area (TPSA) is 53.2 Å². The Hall–Kier alpha value is -1.58. The number of likely N-dealkylation sites (tertiary alicyclic amines) is 1. The highest BCUT2D eigenvalue weighted by molar-refractivity contribution is 5.94. The Morgan fingerprint density at radius 2 is 1.90 bits per heavy atom. The van der Waals surface area contributed by atoms with Gasteiger partial charge in [-0.15, -0.1) is 0 Å². The third-order valence-corrected chi connectivity index (χ3v) is 5.04. The van der Waals surface area contributed by atoms with Crippen LogP contribution in [0.2, 0.25) is 0 Å². The van der Waals surface area contributed by atoms with Gasteiger partial charge < -0.3 is 9.88 Å². The fourth-order valence-corrected chi connectivity index (χ4v) is 3.95. The largest absolute Gasteiger partial charge is 0.335 e. The second-order valence-electron chi connectivity index (χ2n) is 6.49. The summed E-state index contributed by atoms with van der Waals surface area (Å²) in [6.45, 7) is 2.63. The minimum absolute atomic E-state index is 0.0793. The lowest BCUT2D eigenvalue weighted by Crippen LogP contribution is -2.42. The van der Waals surface area contributed by atoms with Crippen molar-refractivity contribution in [1.29, 1.82) is 0 Å². The molecule has 3 rings (SSSR count). The molecule has 21 heavy (non-hydrogen) atoms. The molecule has 0 bridgehead atoms. The van der Waals surface area contributed by atoms with Gasteiger partial charge in [0.15, 0.2) is 0 Å². The van der Waals surface area contributed by atoms with Gasteiger partial charge in [-0.05, 0) is 50.7 Å². The predicted octanol–water partition coefficient (Wildman–Crippen LogP) is 2.87. The minimum Gasteiger partial charge on any atom is -0.335 e. The fraction of sp³-hybridized carbons (Fsp3) is 0.647. The van der Waals surface area contributed by atoms with E-state index in [1.165, 1.54) is 32.1 Å². The molecule has 1 saturated heterocycles. The van der Waals surface area contributed by atoms with Gasteiger partial charge in [0, 0.05) is 18.3 Å². The van der Waals surface area contributed by atoms with Gasteiger partial charge in [0.2, 0.25) is 0 Å². The number of H-pyrrole nitrogens is 1. The molecular formula is C17H24N2O2. The maximum Gasteiger partial charge on any atom is 0.260 e. The van der Waals surface area contributed by atoms with E-state index in [1.54, 1.807) is 12.1 Å². The van der Waals surface area contributed by atoms with E-state index in [9.17, 15) is 9.59 Å². The zero-order valence-corrected chi connectivity index (χ0v) is 12.7. The highest BCUT2D eigenvalue weighted by atomic mass is 16.2. The SMILES string of the molecule is Cc1ccc(C(=O)N2CCCC2C2CCCCC2)c(=O)[nH]1. The van der Waals surface area contributed by atoms with Crippen LogP contribution in [-0.4, -0.2) is 28.4 Å². The summed E-state index contributed by atoms with van der Waals surface area (Å²) in [4.78, 5) is 29.5. The molecule has 114 valence electrons. The van der Waals surface area contributed by atoms with E-state index in [0.717, 1.165) is 25.1 Å². The van der Waals surface area contributed by atoms with Crippen LogP contribution in [0.3, 0.4) is 0 Å². The summed E-state index contributed by atoms with van der Waals surface area (Å²) >= 11 is 0. The Morgan fingerprint density at radius 3 is 2.62 bits per heavy atom. The number of nitrogens with zero attached hydrogens (tertiary/aromatic N) is 1. The van der Waals surface area contributed by atoms with Gasteiger partial charge in [-0.2, -0.15) is 0 Å². The van der Waals surface area contributed by atoms with Gasteiger partial charge in [-0.1, -0.05) is 19.3 Å². The number of pyridine rings is 1. The molecular weight excluding hydrogens is 264 g/mol. The fourth-order valence-electron chi connectivity index (χ4n) is 3.95. The molecule has 1 unspecified atom stereocenters. The maximum absolute atomic E-state index is 12.7. The van der Waals surface area contributed by atoms with E-state index in [2.05, 4.69) is 4.98 Å². The number of carbonyl (C=O) groups excluding carboxylic acids is 1. The van der Waals surface area contributed by atoms with Crippen molar-refractivity contribution in [2.75, 3.05) is 6.54 Å². The lowest BCUT2D eigenvalue weighted by atomic mass is 9.83. The van der Waals surface area contributed by atoms with Crippen LogP contribution in [0.5, 0.6) is 0 Å². The number of nitrogens with one attached hydrogen (secondary N) is 1. The van der Waals surface area contributed by atoms with Gasteiger partial charge in [0.25, 0.3) is 11.5 Å². The number of hydrogen-bond donors (Lipinski definition) is 1. The molecule has 2 fully saturated rings. The molecule has 1 atom stereocenters. The van der Waals surface area contributed by atoms with Crippen molar-refractivity contribution in [3.8, 4) is 0 Å². The first-order valence-electron chi connectivity index (χ1n) is 8.18. The number of aryl methyl sites for hydroxylation is 1. The molecule has 1 aliphatic carbocycles. The van der Waals surface area contributed by atoms with E-state index >= 15 is 0 Å². The van der Waals surface area contributed by atoms with E-state index < -0.39 is 0 Å². The second-order valence-corrected chi connectivity index (χ2v) is 6.49. The van der Waals surface area contributed by atoms with Crippen molar-refractivity contribution in [1.82, 2.24) is 9.88 Å². The summed E-state index contributed by atoms with van der Waals surface area (Å²) in [5.41, 5.74) is 0.833. The molecule has 2 heterocycles. The Labute approximate surface area is 125 Å². The summed E-state index contributed by atoms with van der Waals surface area (Å²) in [5.74, 6) is 0.555. The molecule has 1 aromatic rings. The molecule has 0 aromatic carbocycles. The Bertz CT molecular complexity index is 572. The minimum atomic E-state index is -0.255. The van der Waals surface area contributed by atoms with Crippen LogP contribution >= 0.6 is 0 Å². The third-order valence-electron chi connectivity index (χ3n) is 5.04. The van der Waals surface area contributed by atoms with E-state index in [-0.39, 0.29) is 11.5 Å². The molecule has 1 N–H and O–H groups in total. The molecule has 1 aromatic heterocycles. The van der Waals surface area contributed by atoms with E-state index in [1.807, 2.05) is 11.8 Å². The van der Waals surface area contributed by atoms with Gasteiger partial charge in [0.05, 0.1) is 0 Å².